The highest BCUT2D eigenvalue weighted by atomic mass is 16.6. The normalized spacial score (nSPS) is 15.7. The summed E-state index contributed by atoms with van der Waals surface area (Å²) in [6, 6.07) is 0. The topological polar surface area (TPSA) is 83.8 Å². The van der Waals surface area contributed by atoms with Crippen LogP contribution < -0.4 is 0 Å². The maximum Gasteiger partial charge on any atom is 0.350 e. The molecule has 0 aromatic rings. The van der Waals surface area contributed by atoms with E-state index in [1.54, 1.807) is 34.6 Å². The number of carboxylic acid groups (broad SMARTS) is 1. The molecule has 5 heteroatoms. The van der Waals surface area contributed by atoms with Gasteiger partial charge in [-0.25, -0.2) is 9.59 Å². The number of ether oxygens (including phenoxy) is 1. The Labute approximate surface area is 95.4 Å². The summed E-state index contributed by atoms with van der Waals surface area (Å²) < 4.78 is 4.90. The third kappa shape index (κ3) is 4.18. The van der Waals surface area contributed by atoms with E-state index in [1.807, 2.05) is 0 Å². The molecule has 0 saturated heterocycles. The largest absolute Gasteiger partial charge is 0.479 e. The minimum atomic E-state index is -2.46. The van der Waals surface area contributed by atoms with Crippen molar-refractivity contribution in [2.24, 2.45) is 5.92 Å². The van der Waals surface area contributed by atoms with E-state index in [-0.39, 0.29) is 12.3 Å². The zero-order valence-corrected chi connectivity index (χ0v) is 10.4. The molecule has 5 nitrogen and oxygen atoms in total. The molecular weight excluding hydrogens is 212 g/mol. The van der Waals surface area contributed by atoms with Crippen molar-refractivity contribution in [3.63, 3.8) is 0 Å². The van der Waals surface area contributed by atoms with E-state index < -0.39 is 23.1 Å². The second-order valence-corrected chi connectivity index (χ2v) is 5.27. The van der Waals surface area contributed by atoms with Crippen molar-refractivity contribution in [1.82, 2.24) is 0 Å². The number of esters is 1. The second kappa shape index (κ2) is 4.82. The molecule has 0 spiro atoms. The first-order valence-electron chi connectivity index (χ1n) is 5.18. The van der Waals surface area contributed by atoms with E-state index in [0.717, 1.165) is 0 Å². The Hall–Kier alpha value is -1.10. The molecule has 94 valence electrons. The molecule has 0 heterocycles. The molecule has 16 heavy (non-hydrogen) atoms. The van der Waals surface area contributed by atoms with Crippen LogP contribution in [0, 0.1) is 5.92 Å². The van der Waals surface area contributed by atoms with Crippen molar-refractivity contribution in [3.8, 4) is 0 Å². The fraction of sp³-hybridized carbons (Fsp3) is 0.818. The number of hydrogen-bond donors (Lipinski definition) is 2. The van der Waals surface area contributed by atoms with E-state index >= 15 is 0 Å². The van der Waals surface area contributed by atoms with Gasteiger partial charge in [0, 0.05) is 6.42 Å². The summed E-state index contributed by atoms with van der Waals surface area (Å²) in [5.74, 6) is -2.81. The van der Waals surface area contributed by atoms with Gasteiger partial charge < -0.3 is 14.9 Å². The van der Waals surface area contributed by atoms with Crippen molar-refractivity contribution in [1.29, 1.82) is 0 Å². The van der Waals surface area contributed by atoms with Crippen LogP contribution in [0.5, 0.6) is 0 Å². The van der Waals surface area contributed by atoms with E-state index in [9.17, 15) is 14.7 Å². The zero-order chi connectivity index (χ0) is 13.1. The predicted molar refractivity (Wildman–Crippen MR) is 57.9 cm³/mol. The Kier molecular flexibility index (Phi) is 4.49. The summed E-state index contributed by atoms with van der Waals surface area (Å²) in [4.78, 5) is 22.5. The average Bonchev–Trinajstić information content (AvgIpc) is 1.98. The van der Waals surface area contributed by atoms with Crippen LogP contribution in [0.2, 0.25) is 0 Å². The molecule has 0 amide bonds. The van der Waals surface area contributed by atoms with Gasteiger partial charge in [0.15, 0.2) is 0 Å². The fourth-order valence-electron chi connectivity index (χ4n) is 1.21. The third-order valence-corrected chi connectivity index (χ3v) is 1.79. The Morgan fingerprint density at radius 2 is 1.69 bits per heavy atom. The molecule has 1 atom stereocenters. The third-order valence-electron chi connectivity index (χ3n) is 1.79. The summed E-state index contributed by atoms with van der Waals surface area (Å²) in [5, 5.41) is 18.7. The van der Waals surface area contributed by atoms with Gasteiger partial charge in [-0.1, -0.05) is 13.8 Å². The summed E-state index contributed by atoms with van der Waals surface area (Å²) in [5.41, 5.74) is -3.28. The number of carbonyl (C=O) groups is 2. The van der Waals surface area contributed by atoms with E-state index in [4.69, 9.17) is 9.84 Å². The molecule has 0 bridgehead atoms. The number of carbonyl (C=O) groups excluding carboxylic acids is 1. The smallest absolute Gasteiger partial charge is 0.350 e. The number of aliphatic hydroxyl groups is 1. The van der Waals surface area contributed by atoms with Crippen LogP contribution in [0.25, 0.3) is 0 Å². The number of aliphatic carboxylic acids is 1. The van der Waals surface area contributed by atoms with Crippen LogP contribution in [-0.2, 0) is 14.3 Å². The van der Waals surface area contributed by atoms with Gasteiger partial charge >= 0.3 is 11.9 Å². The van der Waals surface area contributed by atoms with Crippen molar-refractivity contribution in [3.05, 3.63) is 0 Å². The predicted octanol–water partition coefficient (Wildman–Crippen LogP) is 1.19. The first kappa shape index (κ1) is 14.9. The average molecular weight is 232 g/mol. The minimum absolute atomic E-state index is 0.131. The molecule has 2 N–H and O–H groups in total. The molecule has 0 aromatic heterocycles. The van der Waals surface area contributed by atoms with Crippen LogP contribution in [0.4, 0.5) is 0 Å². The summed E-state index contributed by atoms with van der Waals surface area (Å²) >= 11 is 0. The van der Waals surface area contributed by atoms with Gasteiger partial charge in [-0.2, -0.15) is 0 Å². The van der Waals surface area contributed by atoms with Gasteiger partial charge in [0.1, 0.15) is 5.60 Å². The van der Waals surface area contributed by atoms with Crippen LogP contribution in [-0.4, -0.2) is 33.4 Å². The lowest BCUT2D eigenvalue weighted by atomic mass is 9.92. The van der Waals surface area contributed by atoms with Gasteiger partial charge in [0.2, 0.25) is 0 Å². The van der Waals surface area contributed by atoms with Crippen LogP contribution in [0.15, 0.2) is 0 Å². The highest BCUT2D eigenvalue weighted by molar-refractivity contribution is 6.02. The lowest BCUT2D eigenvalue weighted by Crippen LogP contribution is -2.50. The molecule has 0 aliphatic carbocycles. The maximum absolute atomic E-state index is 11.6. The zero-order valence-electron chi connectivity index (χ0n) is 10.4. The Morgan fingerprint density at radius 3 is 1.94 bits per heavy atom. The van der Waals surface area contributed by atoms with Gasteiger partial charge in [-0.3, -0.25) is 0 Å². The van der Waals surface area contributed by atoms with Crippen molar-refractivity contribution >= 4 is 11.9 Å². The van der Waals surface area contributed by atoms with Crippen molar-refractivity contribution in [2.75, 3.05) is 0 Å². The highest BCUT2D eigenvalue weighted by Crippen LogP contribution is 2.22. The lowest BCUT2D eigenvalue weighted by Gasteiger charge is -2.28. The van der Waals surface area contributed by atoms with Crippen LogP contribution >= 0.6 is 0 Å². The summed E-state index contributed by atoms with van der Waals surface area (Å²) in [6.45, 7) is 8.28. The standard InChI is InChI=1S/C11H20O5/c1-7(2)6-11(15,8(12)13)9(14)16-10(3,4)5/h7,15H,6H2,1-5H3,(H,12,13). The minimum Gasteiger partial charge on any atom is -0.479 e. The van der Waals surface area contributed by atoms with E-state index in [1.165, 1.54) is 0 Å². The van der Waals surface area contributed by atoms with Gasteiger partial charge in [-0.15, -0.1) is 0 Å². The summed E-state index contributed by atoms with van der Waals surface area (Å²) in [6.07, 6.45) is -0.169. The van der Waals surface area contributed by atoms with E-state index in [2.05, 4.69) is 0 Å². The first-order chi connectivity index (χ1) is 6.99. The van der Waals surface area contributed by atoms with Crippen LogP contribution in [0.3, 0.4) is 0 Å². The van der Waals surface area contributed by atoms with E-state index in [0.29, 0.717) is 0 Å². The Balaban J connectivity index is 4.92. The number of rotatable bonds is 4. The lowest BCUT2D eigenvalue weighted by molar-refractivity contribution is -0.189. The van der Waals surface area contributed by atoms with Crippen LogP contribution in [0.1, 0.15) is 41.0 Å². The van der Waals surface area contributed by atoms with Crippen molar-refractivity contribution in [2.45, 2.75) is 52.2 Å². The number of hydrogen-bond acceptors (Lipinski definition) is 4. The molecule has 0 aliphatic rings. The van der Waals surface area contributed by atoms with Crippen molar-refractivity contribution < 1.29 is 24.5 Å². The highest BCUT2D eigenvalue weighted by Gasteiger charge is 2.47. The molecule has 0 fully saturated rings. The maximum atomic E-state index is 11.6. The van der Waals surface area contributed by atoms with Gasteiger partial charge in [-0.05, 0) is 26.7 Å². The molecule has 0 saturated carbocycles. The Bertz CT molecular complexity index is 277. The Morgan fingerprint density at radius 1 is 1.25 bits per heavy atom. The summed E-state index contributed by atoms with van der Waals surface area (Å²) in [7, 11) is 0. The number of carboxylic acids is 1. The molecule has 0 rings (SSSR count). The molecular formula is C11H20O5. The fourth-order valence-corrected chi connectivity index (χ4v) is 1.21. The second-order valence-electron chi connectivity index (χ2n) is 5.27. The molecule has 1 unspecified atom stereocenters. The first-order valence-corrected chi connectivity index (χ1v) is 5.18. The quantitative estimate of drug-likeness (QED) is 0.562. The monoisotopic (exact) mass is 232 g/mol. The van der Waals surface area contributed by atoms with Gasteiger partial charge in [0.25, 0.3) is 5.60 Å². The van der Waals surface area contributed by atoms with Gasteiger partial charge in [0.05, 0.1) is 0 Å². The molecule has 0 radical (unpaired) electrons. The molecule has 0 aromatic carbocycles. The SMILES string of the molecule is CC(C)CC(O)(C(=O)O)C(=O)OC(C)(C)C. The molecule has 0 aliphatic heterocycles.